The van der Waals surface area contributed by atoms with Crippen molar-refractivity contribution in [2.24, 2.45) is 0 Å². The third-order valence-electron chi connectivity index (χ3n) is 3.69. The van der Waals surface area contributed by atoms with Gasteiger partial charge in [0, 0.05) is 28.7 Å². The van der Waals surface area contributed by atoms with Crippen LogP contribution in [0.15, 0.2) is 53.7 Å². The molecule has 0 spiro atoms. The van der Waals surface area contributed by atoms with Crippen LogP contribution in [0, 0.1) is 0 Å². The second-order valence-electron chi connectivity index (χ2n) is 5.09. The lowest BCUT2D eigenvalue weighted by Gasteiger charge is -2.10. The lowest BCUT2D eigenvalue weighted by atomic mass is 10.1. The number of hydrogen-bond donors (Lipinski definition) is 4. The molecule has 3 N–H and O–H groups in total. The fourth-order valence-corrected chi connectivity index (χ4v) is 2.92. The van der Waals surface area contributed by atoms with Crippen LogP contribution in [0.2, 0.25) is 0 Å². The number of nitrogens with zero attached hydrogens (tertiary/aromatic N) is 3. The van der Waals surface area contributed by atoms with Crippen molar-refractivity contribution < 1.29 is 10.2 Å². The predicted molar refractivity (Wildman–Crippen MR) is 89.2 cm³/mol. The molecule has 2 aromatic carbocycles. The van der Waals surface area contributed by atoms with Crippen LogP contribution in [0.5, 0.6) is 11.5 Å². The molecule has 0 radical (unpaired) electrons. The average molecular weight is 324 g/mol. The Balaban J connectivity index is 2.00. The van der Waals surface area contributed by atoms with Crippen molar-refractivity contribution >= 4 is 23.5 Å². The average Bonchev–Trinajstić information content (AvgIpc) is 3.14. The van der Waals surface area contributed by atoms with Crippen LogP contribution < -0.4 is 0 Å². The Morgan fingerprint density at radius 2 is 1.96 bits per heavy atom. The lowest BCUT2D eigenvalue weighted by molar-refractivity contribution is 0.447. The molecule has 2 heterocycles. The topological polar surface area (TPSA) is 87.0 Å². The number of hydrogen-bond acceptors (Lipinski definition) is 5. The summed E-state index contributed by atoms with van der Waals surface area (Å²) in [5.41, 5.74) is 2.96. The zero-order valence-electron chi connectivity index (χ0n) is 11.8. The molecule has 0 fully saturated rings. The van der Waals surface area contributed by atoms with E-state index in [0.717, 1.165) is 16.5 Å². The Hall–Kier alpha value is -2.93. The van der Waals surface area contributed by atoms with E-state index in [1.54, 1.807) is 6.07 Å². The Kier molecular flexibility index (Phi) is 3.02. The maximum absolute atomic E-state index is 10.1. The van der Waals surface area contributed by atoms with Crippen LogP contribution in [-0.4, -0.2) is 30.2 Å². The molecule has 4 rings (SSSR count). The number of fused-ring (bicyclic) bond motifs is 1. The third kappa shape index (κ3) is 2.13. The quantitative estimate of drug-likeness (QED) is 0.427. The number of nitrogens with one attached hydrogen (secondary N) is 1. The van der Waals surface area contributed by atoms with Gasteiger partial charge in [-0.3, -0.25) is 0 Å². The molecule has 0 saturated heterocycles. The van der Waals surface area contributed by atoms with Gasteiger partial charge in [-0.05, 0) is 24.3 Å². The Morgan fingerprint density at radius 3 is 2.78 bits per heavy atom. The highest BCUT2D eigenvalue weighted by molar-refractivity contribution is 7.80. The number of H-pyrrole nitrogens is 1. The standard InChI is InChI=1S/C16H12N4O2S/c21-9-4-5-13(14(22)8-9)20-15(16(23)18-19-20)11-2-1-3-12-10(11)6-7-17-12/h1-8,17,21-23H. The van der Waals surface area contributed by atoms with Gasteiger partial charge in [-0.1, -0.05) is 17.3 Å². The molecule has 4 aromatic rings. The molecule has 0 atom stereocenters. The van der Waals surface area contributed by atoms with Gasteiger partial charge in [0.05, 0.1) is 0 Å². The van der Waals surface area contributed by atoms with E-state index in [1.807, 2.05) is 30.5 Å². The SMILES string of the molecule is Oc1ccc(-n2nnc(S)c2-c2cccc3[nH]ccc23)c(O)c1. The second kappa shape index (κ2) is 5.06. The molecule has 0 bridgehead atoms. The van der Waals surface area contributed by atoms with Crippen molar-refractivity contribution in [2.75, 3.05) is 0 Å². The van der Waals surface area contributed by atoms with Crippen LogP contribution in [0.1, 0.15) is 0 Å². The number of aromatic hydroxyl groups is 2. The summed E-state index contributed by atoms with van der Waals surface area (Å²) >= 11 is 4.41. The number of aromatic amines is 1. The maximum atomic E-state index is 10.1. The van der Waals surface area contributed by atoms with Gasteiger partial charge in [0.15, 0.2) is 0 Å². The van der Waals surface area contributed by atoms with Crippen LogP contribution in [0.3, 0.4) is 0 Å². The summed E-state index contributed by atoms with van der Waals surface area (Å²) < 4.78 is 1.51. The van der Waals surface area contributed by atoms with Gasteiger partial charge in [-0.25, -0.2) is 4.68 Å². The van der Waals surface area contributed by atoms with Gasteiger partial charge in [0.2, 0.25) is 0 Å². The minimum absolute atomic E-state index is 0.0215. The number of aromatic nitrogens is 4. The van der Waals surface area contributed by atoms with Crippen molar-refractivity contribution in [3.05, 3.63) is 48.7 Å². The molecule has 0 aliphatic heterocycles. The second-order valence-corrected chi connectivity index (χ2v) is 5.51. The summed E-state index contributed by atoms with van der Waals surface area (Å²) in [6.07, 6.45) is 1.86. The van der Waals surface area contributed by atoms with E-state index in [0.29, 0.717) is 16.4 Å². The molecule has 0 amide bonds. The zero-order chi connectivity index (χ0) is 16.0. The van der Waals surface area contributed by atoms with Crippen molar-refractivity contribution in [3.8, 4) is 28.4 Å². The molecule has 0 saturated carbocycles. The third-order valence-corrected chi connectivity index (χ3v) is 3.99. The van der Waals surface area contributed by atoms with E-state index in [4.69, 9.17) is 0 Å². The van der Waals surface area contributed by atoms with Crippen LogP contribution in [-0.2, 0) is 0 Å². The smallest absolute Gasteiger partial charge is 0.145 e. The summed E-state index contributed by atoms with van der Waals surface area (Å²) in [6.45, 7) is 0. The van der Waals surface area contributed by atoms with Gasteiger partial charge in [0.25, 0.3) is 0 Å². The van der Waals surface area contributed by atoms with Crippen molar-refractivity contribution in [1.82, 2.24) is 20.0 Å². The van der Waals surface area contributed by atoms with Gasteiger partial charge < -0.3 is 15.2 Å². The maximum Gasteiger partial charge on any atom is 0.145 e. The van der Waals surface area contributed by atoms with Crippen LogP contribution >= 0.6 is 12.6 Å². The summed E-state index contributed by atoms with van der Waals surface area (Å²) in [7, 11) is 0. The molecular formula is C16H12N4O2S. The number of phenolic OH excluding ortho intramolecular Hbond substituents is 2. The minimum Gasteiger partial charge on any atom is -0.508 e. The lowest BCUT2D eigenvalue weighted by Crippen LogP contribution is -2.00. The predicted octanol–water partition coefficient (Wildman–Crippen LogP) is 3.12. The molecule has 0 unspecified atom stereocenters. The molecule has 7 heteroatoms. The molecule has 0 aliphatic rings. The zero-order valence-corrected chi connectivity index (χ0v) is 12.7. The molecule has 0 aliphatic carbocycles. The fourth-order valence-electron chi connectivity index (χ4n) is 2.66. The van der Waals surface area contributed by atoms with Gasteiger partial charge >= 0.3 is 0 Å². The van der Waals surface area contributed by atoms with Crippen molar-refractivity contribution in [3.63, 3.8) is 0 Å². The molecule has 114 valence electrons. The molecule has 6 nitrogen and oxygen atoms in total. The van der Waals surface area contributed by atoms with E-state index in [2.05, 4.69) is 27.9 Å². The largest absolute Gasteiger partial charge is 0.508 e. The fraction of sp³-hybridized carbons (Fsp3) is 0. The highest BCUT2D eigenvalue weighted by Crippen LogP contribution is 2.35. The van der Waals surface area contributed by atoms with E-state index < -0.39 is 0 Å². The summed E-state index contributed by atoms with van der Waals surface area (Å²) in [5.74, 6) is -0.113. The normalized spacial score (nSPS) is 11.2. The Bertz CT molecular complexity index is 1020. The first kappa shape index (κ1) is 13.7. The van der Waals surface area contributed by atoms with Crippen molar-refractivity contribution in [1.29, 1.82) is 0 Å². The van der Waals surface area contributed by atoms with Crippen molar-refractivity contribution in [2.45, 2.75) is 5.03 Å². The van der Waals surface area contributed by atoms with Gasteiger partial charge in [-0.15, -0.1) is 17.7 Å². The highest BCUT2D eigenvalue weighted by Gasteiger charge is 2.18. The minimum atomic E-state index is -0.0919. The molecular weight excluding hydrogens is 312 g/mol. The number of rotatable bonds is 2. The molecule has 2 aromatic heterocycles. The van der Waals surface area contributed by atoms with E-state index in [-0.39, 0.29) is 11.5 Å². The summed E-state index contributed by atoms with van der Waals surface area (Å²) in [5, 5.41) is 29.1. The van der Waals surface area contributed by atoms with Gasteiger partial charge in [0.1, 0.15) is 27.9 Å². The number of phenols is 2. The monoisotopic (exact) mass is 324 g/mol. The Morgan fingerprint density at radius 1 is 1.09 bits per heavy atom. The number of thiol groups is 1. The first-order chi connectivity index (χ1) is 11.1. The first-order valence-corrected chi connectivity index (χ1v) is 7.33. The molecule has 23 heavy (non-hydrogen) atoms. The number of benzene rings is 2. The van der Waals surface area contributed by atoms with E-state index >= 15 is 0 Å². The van der Waals surface area contributed by atoms with Crippen LogP contribution in [0.4, 0.5) is 0 Å². The van der Waals surface area contributed by atoms with Crippen LogP contribution in [0.25, 0.3) is 27.8 Å². The summed E-state index contributed by atoms with van der Waals surface area (Å²) in [4.78, 5) is 3.16. The first-order valence-electron chi connectivity index (χ1n) is 6.88. The van der Waals surface area contributed by atoms with Gasteiger partial charge in [-0.2, -0.15) is 0 Å². The summed E-state index contributed by atoms with van der Waals surface area (Å²) in [6, 6.07) is 12.1. The van der Waals surface area contributed by atoms with E-state index in [1.165, 1.54) is 16.8 Å². The highest BCUT2D eigenvalue weighted by atomic mass is 32.1. The Labute approximate surface area is 136 Å². The van der Waals surface area contributed by atoms with E-state index in [9.17, 15) is 10.2 Å².